The lowest BCUT2D eigenvalue weighted by Gasteiger charge is -2.15. The van der Waals surface area contributed by atoms with E-state index in [0.717, 1.165) is 24.0 Å². The zero-order valence-electron chi connectivity index (χ0n) is 15.8. The second-order valence-corrected chi connectivity index (χ2v) is 9.40. The van der Waals surface area contributed by atoms with Crippen molar-refractivity contribution >= 4 is 33.8 Å². The maximum Gasteiger partial charge on any atom is 0.244 e. The Bertz CT molecular complexity index is 931. The molecule has 0 unspecified atom stereocenters. The summed E-state index contributed by atoms with van der Waals surface area (Å²) in [4.78, 5) is 13.5. The van der Waals surface area contributed by atoms with Crippen molar-refractivity contribution < 1.29 is 13.2 Å². The molecule has 1 heterocycles. The number of thioether (sulfide) groups is 1. The van der Waals surface area contributed by atoms with Gasteiger partial charge in [0.25, 0.3) is 0 Å². The minimum absolute atomic E-state index is 0.192. The van der Waals surface area contributed by atoms with Crippen molar-refractivity contribution in [2.24, 2.45) is 0 Å². The number of sulfonamides is 1. The number of carbonyl (C=O) groups is 1. The van der Waals surface area contributed by atoms with Gasteiger partial charge >= 0.3 is 0 Å². The van der Waals surface area contributed by atoms with Crippen LogP contribution in [0.4, 0.5) is 0 Å². The van der Waals surface area contributed by atoms with Crippen molar-refractivity contribution in [3.63, 3.8) is 0 Å². The van der Waals surface area contributed by atoms with E-state index in [0.29, 0.717) is 24.5 Å². The van der Waals surface area contributed by atoms with E-state index < -0.39 is 10.0 Å². The summed E-state index contributed by atoms with van der Waals surface area (Å²) in [6.45, 7) is 1.53. The number of carbonyl (C=O) groups excluding carboxylic acids is 1. The third-order valence-corrected chi connectivity index (χ3v) is 7.29. The van der Waals surface area contributed by atoms with Crippen LogP contribution in [0.2, 0.25) is 0 Å². The zero-order valence-corrected chi connectivity index (χ0v) is 17.4. The molecule has 2 aromatic rings. The highest BCUT2D eigenvalue weighted by molar-refractivity contribution is 7.98. The Morgan fingerprint density at radius 2 is 1.71 bits per heavy atom. The van der Waals surface area contributed by atoms with E-state index >= 15 is 0 Å². The first-order valence-corrected chi connectivity index (χ1v) is 11.8. The largest absolute Gasteiger partial charge is 0.348 e. The highest BCUT2D eigenvalue weighted by Gasteiger charge is 2.26. The third-order valence-electron chi connectivity index (χ3n) is 4.64. The molecule has 148 valence electrons. The lowest BCUT2D eigenvalue weighted by molar-refractivity contribution is -0.116. The topological polar surface area (TPSA) is 66.5 Å². The smallest absolute Gasteiger partial charge is 0.244 e. The lowest BCUT2D eigenvalue weighted by Crippen LogP contribution is -2.27. The molecule has 0 atom stereocenters. The third kappa shape index (κ3) is 5.25. The average Bonchev–Trinajstić information content (AvgIpc) is 3.27. The second-order valence-electron chi connectivity index (χ2n) is 6.58. The maximum atomic E-state index is 12.5. The van der Waals surface area contributed by atoms with Gasteiger partial charge in [-0.3, -0.25) is 4.79 Å². The van der Waals surface area contributed by atoms with Crippen LogP contribution in [0.1, 0.15) is 24.0 Å². The number of nitrogens with zero attached hydrogens (tertiary/aromatic N) is 1. The molecule has 0 spiro atoms. The molecule has 0 radical (unpaired) electrons. The van der Waals surface area contributed by atoms with Gasteiger partial charge in [-0.05, 0) is 60.6 Å². The molecule has 3 rings (SSSR count). The predicted molar refractivity (Wildman–Crippen MR) is 114 cm³/mol. The molecule has 0 aromatic heterocycles. The molecule has 1 aliphatic heterocycles. The van der Waals surface area contributed by atoms with Gasteiger partial charge in [0.2, 0.25) is 15.9 Å². The van der Waals surface area contributed by atoms with Gasteiger partial charge in [0.05, 0.1) is 4.90 Å². The van der Waals surface area contributed by atoms with Crippen LogP contribution < -0.4 is 5.32 Å². The minimum atomic E-state index is -3.40. The highest BCUT2D eigenvalue weighted by Crippen LogP contribution is 2.21. The average molecular weight is 417 g/mol. The standard InChI is InChI=1S/C21H24N2O3S2/c1-27-19-9-4-17(5-10-19)8-13-21(24)22-16-18-6-11-20(12-7-18)28(25,26)23-14-2-3-15-23/h4-13H,2-3,14-16H2,1H3,(H,22,24)/b13-8+. The van der Waals surface area contributed by atoms with E-state index in [4.69, 9.17) is 0 Å². The Labute approximate surface area is 170 Å². The molecule has 1 saturated heterocycles. The molecule has 1 aliphatic rings. The number of benzene rings is 2. The molecule has 0 aliphatic carbocycles. The molecule has 0 bridgehead atoms. The molecule has 1 N–H and O–H groups in total. The second kappa shape index (κ2) is 9.41. The molecule has 28 heavy (non-hydrogen) atoms. The molecule has 7 heteroatoms. The summed E-state index contributed by atoms with van der Waals surface area (Å²) in [6, 6.07) is 14.7. The zero-order chi connectivity index (χ0) is 20.0. The summed E-state index contributed by atoms with van der Waals surface area (Å²) in [5.74, 6) is -0.192. The van der Waals surface area contributed by atoms with Gasteiger partial charge in [-0.25, -0.2) is 8.42 Å². The van der Waals surface area contributed by atoms with E-state index in [1.165, 1.54) is 15.3 Å². The van der Waals surface area contributed by atoms with Crippen LogP contribution in [0.25, 0.3) is 6.08 Å². The van der Waals surface area contributed by atoms with E-state index in [9.17, 15) is 13.2 Å². The van der Waals surface area contributed by atoms with E-state index in [-0.39, 0.29) is 5.91 Å². The minimum Gasteiger partial charge on any atom is -0.348 e. The number of hydrogen-bond donors (Lipinski definition) is 1. The van der Waals surface area contributed by atoms with Crippen molar-refractivity contribution in [3.8, 4) is 0 Å². The fourth-order valence-corrected chi connectivity index (χ4v) is 4.92. The molecule has 2 aromatic carbocycles. The van der Waals surface area contributed by atoms with Crippen molar-refractivity contribution in [2.75, 3.05) is 19.3 Å². The number of hydrogen-bond acceptors (Lipinski definition) is 4. The fourth-order valence-electron chi connectivity index (χ4n) is 2.99. The molecular formula is C21H24N2O3S2. The fraction of sp³-hybridized carbons (Fsp3) is 0.286. The van der Waals surface area contributed by atoms with Gasteiger partial charge in [0, 0.05) is 30.6 Å². The van der Waals surface area contributed by atoms with Gasteiger partial charge in [-0.1, -0.05) is 24.3 Å². The number of amides is 1. The molecule has 1 amide bonds. The van der Waals surface area contributed by atoms with Crippen molar-refractivity contribution in [3.05, 3.63) is 65.7 Å². The van der Waals surface area contributed by atoms with Crippen molar-refractivity contribution in [1.29, 1.82) is 0 Å². The van der Waals surface area contributed by atoms with Gasteiger partial charge < -0.3 is 5.32 Å². The first-order chi connectivity index (χ1) is 13.5. The summed E-state index contributed by atoms with van der Waals surface area (Å²) >= 11 is 1.67. The predicted octanol–water partition coefficient (Wildman–Crippen LogP) is 3.52. The summed E-state index contributed by atoms with van der Waals surface area (Å²) < 4.78 is 26.6. The monoisotopic (exact) mass is 416 g/mol. The number of nitrogens with one attached hydrogen (secondary N) is 1. The highest BCUT2D eigenvalue weighted by atomic mass is 32.2. The number of rotatable bonds is 7. The molecular weight excluding hydrogens is 392 g/mol. The first kappa shape index (κ1) is 20.6. The van der Waals surface area contributed by atoms with Crippen LogP contribution in [-0.2, 0) is 21.4 Å². The Morgan fingerprint density at radius 1 is 1.07 bits per heavy atom. The van der Waals surface area contributed by atoms with Crippen molar-refractivity contribution in [2.45, 2.75) is 29.2 Å². The Balaban J connectivity index is 1.54. The summed E-state index contributed by atoms with van der Waals surface area (Å²) in [6.07, 6.45) is 7.12. The van der Waals surface area contributed by atoms with Crippen LogP contribution in [0.15, 0.2) is 64.4 Å². The first-order valence-electron chi connectivity index (χ1n) is 9.18. The van der Waals surface area contributed by atoms with Crippen LogP contribution in [-0.4, -0.2) is 38.0 Å². The van der Waals surface area contributed by atoms with E-state index in [2.05, 4.69) is 5.32 Å². The van der Waals surface area contributed by atoms with Crippen LogP contribution in [0, 0.1) is 0 Å². The van der Waals surface area contributed by atoms with Gasteiger partial charge in [0.1, 0.15) is 0 Å². The Kier molecular flexibility index (Phi) is 6.93. The summed E-state index contributed by atoms with van der Waals surface area (Å²) in [5, 5.41) is 2.82. The molecule has 5 nitrogen and oxygen atoms in total. The molecule has 0 saturated carbocycles. The van der Waals surface area contributed by atoms with Gasteiger partial charge in [-0.2, -0.15) is 4.31 Å². The Morgan fingerprint density at radius 3 is 2.32 bits per heavy atom. The van der Waals surface area contributed by atoms with Gasteiger partial charge in [-0.15, -0.1) is 11.8 Å². The SMILES string of the molecule is CSc1ccc(/C=C/C(=O)NCc2ccc(S(=O)(=O)N3CCCC3)cc2)cc1. The quantitative estimate of drug-likeness (QED) is 0.554. The Hall–Kier alpha value is -2.09. The molecule has 1 fully saturated rings. The maximum absolute atomic E-state index is 12.5. The van der Waals surface area contributed by atoms with Crippen LogP contribution >= 0.6 is 11.8 Å². The van der Waals surface area contributed by atoms with E-state index in [1.54, 1.807) is 42.1 Å². The summed E-state index contributed by atoms with van der Waals surface area (Å²) in [7, 11) is -3.40. The summed E-state index contributed by atoms with van der Waals surface area (Å²) in [5.41, 5.74) is 1.82. The van der Waals surface area contributed by atoms with Crippen LogP contribution in [0.3, 0.4) is 0 Å². The van der Waals surface area contributed by atoms with Crippen molar-refractivity contribution in [1.82, 2.24) is 9.62 Å². The van der Waals surface area contributed by atoms with Gasteiger partial charge in [0.15, 0.2) is 0 Å². The lowest BCUT2D eigenvalue weighted by atomic mass is 10.2. The van der Waals surface area contributed by atoms with E-state index in [1.807, 2.05) is 30.5 Å². The van der Waals surface area contributed by atoms with Crippen LogP contribution in [0.5, 0.6) is 0 Å². The normalized spacial score (nSPS) is 15.2.